The Labute approximate surface area is 160 Å². The third-order valence-corrected chi connectivity index (χ3v) is 5.72. The van der Waals surface area contributed by atoms with Gasteiger partial charge in [0.15, 0.2) is 0 Å². The third kappa shape index (κ3) is 4.24. The average molecular weight is 381 g/mol. The molecule has 2 saturated heterocycles. The minimum Gasteiger partial charge on any atom is -0.506 e. The molecule has 26 heavy (non-hydrogen) atoms. The molecular formula is C19H29ClN4O2. The van der Waals surface area contributed by atoms with E-state index in [1.807, 2.05) is 24.8 Å². The number of benzene rings is 1. The van der Waals surface area contributed by atoms with Crippen LogP contribution in [-0.4, -0.2) is 84.6 Å². The predicted octanol–water partition coefficient (Wildman–Crippen LogP) is 2.04. The van der Waals surface area contributed by atoms with Crippen molar-refractivity contribution in [2.45, 2.75) is 25.8 Å². The van der Waals surface area contributed by atoms with Crippen LogP contribution in [0.1, 0.15) is 25.3 Å². The highest BCUT2D eigenvalue weighted by Crippen LogP contribution is 2.34. The Kier molecular flexibility index (Phi) is 5.95. The van der Waals surface area contributed by atoms with Crippen LogP contribution in [0.4, 0.5) is 5.69 Å². The van der Waals surface area contributed by atoms with Gasteiger partial charge in [-0.2, -0.15) is 0 Å². The minimum atomic E-state index is 0.0656. The number of nitrogens with zero attached hydrogens (tertiary/aromatic N) is 3. The van der Waals surface area contributed by atoms with E-state index < -0.39 is 0 Å². The molecule has 7 heteroatoms. The fraction of sp³-hybridized carbons (Fsp3) is 0.632. The summed E-state index contributed by atoms with van der Waals surface area (Å²) in [5.74, 6) is 0.389. The fourth-order valence-electron chi connectivity index (χ4n) is 3.68. The molecule has 0 aromatic heterocycles. The number of anilines is 1. The van der Waals surface area contributed by atoms with E-state index in [0.717, 1.165) is 44.8 Å². The van der Waals surface area contributed by atoms with E-state index in [9.17, 15) is 9.90 Å². The summed E-state index contributed by atoms with van der Waals surface area (Å²) in [5.41, 5.74) is 1.51. The Morgan fingerprint density at radius 2 is 1.92 bits per heavy atom. The summed E-state index contributed by atoms with van der Waals surface area (Å²) < 4.78 is 0. The maximum absolute atomic E-state index is 12.5. The average Bonchev–Trinajstić information content (AvgIpc) is 2.58. The molecule has 1 amide bonds. The zero-order chi connectivity index (χ0) is 18.8. The SMILES string of the molecule is CC(C)c1cc(NCC(=O)N2CCN(C3CN(C)C3)CC2)c(O)cc1Cl. The molecule has 6 nitrogen and oxygen atoms in total. The van der Waals surface area contributed by atoms with Crippen LogP contribution >= 0.6 is 11.6 Å². The van der Waals surface area contributed by atoms with Crippen molar-refractivity contribution in [3.63, 3.8) is 0 Å². The number of amides is 1. The van der Waals surface area contributed by atoms with Crippen LogP contribution in [0.2, 0.25) is 5.02 Å². The molecule has 0 spiro atoms. The molecule has 0 radical (unpaired) electrons. The van der Waals surface area contributed by atoms with Gasteiger partial charge in [0.25, 0.3) is 0 Å². The summed E-state index contributed by atoms with van der Waals surface area (Å²) in [6.45, 7) is 9.95. The minimum absolute atomic E-state index is 0.0656. The van der Waals surface area contributed by atoms with Crippen molar-refractivity contribution in [1.82, 2.24) is 14.7 Å². The van der Waals surface area contributed by atoms with Crippen molar-refractivity contribution in [1.29, 1.82) is 0 Å². The summed E-state index contributed by atoms with van der Waals surface area (Å²) in [4.78, 5) is 19.2. The molecule has 2 N–H and O–H groups in total. The number of aromatic hydroxyl groups is 1. The Hall–Kier alpha value is -1.50. The van der Waals surface area contributed by atoms with Gasteiger partial charge in [-0.15, -0.1) is 0 Å². The number of hydrogen-bond acceptors (Lipinski definition) is 5. The first-order valence-electron chi connectivity index (χ1n) is 9.31. The summed E-state index contributed by atoms with van der Waals surface area (Å²) in [5, 5.41) is 13.7. The standard InChI is InChI=1S/C19H29ClN4O2/c1-13(2)15-8-17(18(25)9-16(15)20)21-10-19(26)24-6-4-23(5-7-24)14-11-22(3)12-14/h8-9,13-14,21,25H,4-7,10-12H2,1-3H3. The lowest BCUT2D eigenvalue weighted by Gasteiger charge is -2.46. The van der Waals surface area contributed by atoms with Gasteiger partial charge < -0.3 is 20.2 Å². The van der Waals surface area contributed by atoms with Gasteiger partial charge in [-0.1, -0.05) is 25.4 Å². The zero-order valence-corrected chi connectivity index (χ0v) is 16.6. The predicted molar refractivity (Wildman–Crippen MR) is 105 cm³/mol. The Bertz CT molecular complexity index is 653. The van der Waals surface area contributed by atoms with Crippen LogP contribution in [-0.2, 0) is 4.79 Å². The molecule has 2 fully saturated rings. The van der Waals surface area contributed by atoms with Crippen molar-refractivity contribution < 1.29 is 9.90 Å². The fourth-order valence-corrected chi connectivity index (χ4v) is 4.06. The van der Waals surface area contributed by atoms with Gasteiger partial charge in [-0.05, 0) is 24.6 Å². The molecule has 0 saturated carbocycles. The second-order valence-corrected chi connectivity index (χ2v) is 8.10. The quantitative estimate of drug-likeness (QED) is 0.765. The highest BCUT2D eigenvalue weighted by atomic mass is 35.5. The van der Waals surface area contributed by atoms with E-state index in [4.69, 9.17) is 11.6 Å². The third-order valence-electron chi connectivity index (χ3n) is 5.40. The number of carbonyl (C=O) groups excluding carboxylic acids is 1. The van der Waals surface area contributed by atoms with Crippen LogP contribution in [0.25, 0.3) is 0 Å². The zero-order valence-electron chi connectivity index (χ0n) is 15.8. The van der Waals surface area contributed by atoms with Crippen molar-refractivity contribution in [2.24, 2.45) is 0 Å². The molecule has 3 rings (SSSR count). The van der Waals surface area contributed by atoms with Crippen molar-refractivity contribution in [2.75, 3.05) is 58.2 Å². The second kappa shape index (κ2) is 8.03. The van der Waals surface area contributed by atoms with Gasteiger partial charge in [0.05, 0.1) is 12.2 Å². The van der Waals surface area contributed by atoms with Crippen LogP contribution in [0.5, 0.6) is 5.75 Å². The Morgan fingerprint density at radius 1 is 1.27 bits per heavy atom. The van der Waals surface area contributed by atoms with E-state index in [1.165, 1.54) is 6.07 Å². The highest BCUT2D eigenvalue weighted by Gasteiger charge is 2.32. The Balaban J connectivity index is 1.51. The summed E-state index contributed by atoms with van der Waals surface area (Å²) in [7, 11) is 2.14. The van der Waals surface area contributed by atoms with E-state index in [2.05, 4.69) is 22.2 Å². The molecule has 144 valence electrons. The first kappa shape index (κ1) is 19.3. The lowest BCUT2D eigenvalue weighted by atomic mass is 10.0. The van der Waals surface area contributed by atoms with Gasteiger partial charge in [-0.3, -0.25) is 9.69 Å². The van der Waals surface area contributed by atoms with Crippen LogP contribution in [0, 0.1) is 0 Å². The van der Waals surface area contributed by atoms with Crippen LogP contribution in [0.3, 0.4) is 0 Å². The van der Waals surface area contributed by atoms with E-state index in [-0.39, 0.29) is 24.1 Å². The molecular weight excluding hydrogens is 352 g/mol. The number of nitrogens with one attached hydrogen (secondary N) is 1. The first-order chi connectivity index (χ1) is 12.3. The molecule has 0 aliphatic carbocycles. The van der Waals surface area contributed by atoms with Crippen LogP contribution < -0.4 is 5.32 Å². The number of likely N-dealkylation sites (tertiary alicyclic amines) is 1. The number of piperazine rings is 1. The molecule has 0 unspecified atom stereocenters. The van der Waals surface area contributed by atoms with Gasteiger partial charge in [0.1, 0.15) is 5.75 Å². The highest BCUT2D eigenvalue weighted by molar-refractivity contribution is 6.31. The summed E-state index contributed by atoms with van der Waals surface area (Å²) >= 11 is 6.18. The number of rotatable bonds is 5. The number of carbonyl (C=O) groups is 1. The number of likely N-dealkylation sites (N-methyl/N-ethyl adjacent to an activating group) is 1. The molecule has 2 aliphatic heterocycles. The monoisotopic (exact) mass is 380 g/mol. The van der Waals surface area contributed by atoms with Crippen molar-refractivity contribution in [3.05, 3.63) is 22.7 Å². The molecule has 0 atom stereocenters. The van der Waals surface area contributed by atoms with Crippen molar-refractivity contribution in [3.8, 4) is 5.75 Å². The van der Waals surface area contributed by atoms with Crippen LogP contribution in [0.15, 0.2) is 12.1 Å². The summed E-state index contributed by atoms with van der Waals surface area (Å²) in [6.07, 6.45) is 0. The summed E-state index contributed by atoms with van der Waals surface area (Å²) in [6, 6.07) is 4.02. The lowest BCUT2D eigenvalue weighted by molar-refractivity contribution is -0.131. The number of phenols is 1. The van der Waals surface area contributed by atoms with E-state index in [0.29, 0.717) is 16.8 Å². The number of phenolic OH excluding ortho intramolecular Hbond substituents is 1. The van der Waals surface area contributed by atoms with E-state index >= 15 is 0 Å². The lowest BCUT2D eigenvalue weighted by Crippen LogP contribution is -2.62. The maximum Gasteiger partial charge on any atom is 0.241 e. The molecule has 1 aromatic carbocycles. The number of halogens is 1. The maximum atomic E-state index is 12.5. The molecule has 2 heterocycles. The second-order valence-electron chi connectivity index (χ2n) is 7.69. The van der Waals surface area contributed by atoms with Gasteiger partial charge >= 0.3 is 0 Å². The normalized spacial score (nSPS) is 19.7. The van der Waals surface area contributed by atoms with Crippen molar-refractivity contribution >= 4 is 23.2 Å². The smallest absolute Gasteiger partial charge is 0.241 e. The van der Waals surface area contributed by atoms with Gasteiger partial charge in [0.2, 0.25) is 5.91 Å². The Morgan fingerprint density at radius 3 is 2.50 bits per heavy atom. The number of hydrogen-bond donors (Lipinski definition) is 2. The first-order valence-corrected chi connectivity index (χ1v) is 9.69. The van der Waals surface area contributed by atoms with Gasteiger partial charge in [-0.25, -0.2) is 0 Å². The molecule has 0 bridgehead atoms. The molecule has 1 aromatic rings. The van der Waals surface area contributed by atoms with E-state index in [1.54, 1.807) is 0 Å². The van der Waals surface area contributed by atoms with Gasteiger partial charge in [0, 0.05) is 56.4 Å². The molecule has 2 aliphatic rings. The topological polar surface area (TPSA) is 59.1 Å². The largest absolute Gasteiger partial charge is 0.506 e.